The van der Waals surface area contributed by atoms with E-state index in [1.54, 1.807) is 6.26 Å². The lowest BCUT2D eigenvalue weighted by Crippen LogP contribution is -2.50. The molecule has 1 aromatic rings. The molecule has 0 spiro atoms. The number of hydrogen-bond donors (Lipinski definition) is 0. The van der Waals surface area contributed by atoms with E-state index in [4.69, 9.17) is 20.4 Å². The van der Waals surface area contributed by atoms with Gasteiger partial charge in [-0.3, -0.25) is 0 Å². The summed E-state index contributed by atoms with van der Waals surface area (Å²) in [5, 5.41) is 0. The fourth-order valence-corrected chi connectivity index (χ4v) is 8.31. The minimum atomic E-state index is -1.90. The largest absolute Gasteiger partial charge is 0.518 e. The fraction of sp³-hybridized carbons (Fsp3) is 0.714. The van der Waals surface area contributed by atoms with Crippen LogP contribution in [0.25, 0.3) is 0 Å². The lowest BCUT2D eigenvalue weighted by molar-refractivity contribution is 0.358. The van der Waals surface area contributed by atoms with Crippen LogP contribution in [0.5, 0.6) is 5.95 Å². The number of rotatable bonds is 6. The molecule has 0 atom stereocenters. The van der Waals surface area contributed by atoms with E-state index in [2.05, 4.69) is 41.5 Å². The monoisotopic (exact) mass is 288 g/mol. The zero-order valence-electron chi connectivity index (χ0n) is 12.3. The van der Waals surface area contributed by atoms with Crippen LogP contribution >= 0.6 is 11.6 Å². The Hall–Kier alpha value is -0.413. The third-order valence-corrected chi connectivity index (χ3v) is 10.0. The smallest absolute Gasteiger partial charge is 0.270 e. The van der Waals surface area contributed by atoms with E-state index in [0.29, 0.717) is 28.4 Å². The van der Waals surface area contributed by atoms with Crippen molar-refractivity contribution < 1.29 is 8.84 Å². The minimum Gasteiger partial charge on any atom is -0.518 e. The molecule has 104 valence electrons. The van der Waals surface area contributed by atoms with Gasteiger partial charge in [-0.1, -0.05) is 41.5 Å². The van der Waals surface area contributed by atoms with Crippen LogP contribution in [-0.4, -0.2) is 8.32 Å². The van der Waals surface area contributed by atoms with E-state index in [-0.39, 0.29) is 0 Å². The molecule has 0 saturated carbocycles. The Balaban J connectivity index is 3.04. The maximum Gasteiger partial charge on any atom is 0.270 e. The molecular weight excluding hydrogens is 264 g/mol. The normalized spacial score (nSPS) is 12.8. The summed E-state index contributed by atoms with van der Waals surface area (Å²) in [6.45, 7) is 13.6. The zero-order chi connectivity index (χ0) is 13.9. The summed E-state index contributed by atoms with van der Waals surface area (Å²) in [4.78, 5) is 0. The van der Waals surface area contributed by atoms with Gasteiger partial charge in [-0.15, -0.1) is 11.6 Å². The number of hydrogen-bond acceptors (Lipinski definition) is 2. The maximum absolute atomic E-state index is 6.38. The first-order chi connectivity index (χ1) is 8.34. The molecule has 0 aromatic carbocycles. The van der Waals surface area contributed by atoms with Gasteiger partial charge in [0.2, 0.25) is 0 Å². The molecule has 0 unspecified atom stereocenters. The average molecular weight is 289 g/mol. The average Bonchev–Trinajstić information content (AvgIpc) is 2.71. The molecule has 0 amide bonds. The summed E-state index contributed by atoms with van der Waals surface area (Å²) in [5.74, 6) is 1.10. The van der Waals surface area contributed by atoms with E-state index in [1.807, 2.05) is 6.07 Å². The lowest BCUT2D eigenvalue weighted by atomic mass is 10.4. The maximum atomic E-state index is 6.38. The molecule has 1 rings (SSSR count). The van der Waals surface area contributed by atoms with Gasteiger partial charge in [0.25, 0.3) is 14.3 Å². The van der Waals surface area contributed by atoms with Gasteiger partial charge in [-0.05, 0) is 16.6 Å². The molecule has 0 saturated heterocycles. The molecule has 0 fully saturated rings. The molecule has 4 heteroatoms. The van der Waals surface area contributed by atoms with Crippen molar-refractivity contribution in [3.63, 3.8) is 0 Å². The van der Waals surface area contributed by atoms with Crippen LogP contribution in [0.1, 0.15) is 47.1 Å². The van der Waals surface area contributed by atoms with Crippen LogP contribution in [0, 0.1) is 0 Å². The molecule has 2 nitrogen and oxygen atoms in total. The Labute approximate surface area is 117 Å². The molecule has 0 radical (unpaired) electrons. The molecule has 18 heavy (non-hydrogen) atoms. The Morgan fingerprint density at radius 3 is 1.94 bits per heavy atom. The van der Waals surface area contributed by atoms with Gasteiger partial charge >= 0.3 is 0 Å². The van der Waals surface area contributed by atoms with Crippen LogP contribution in [0.15, 0.2) is 16.7 Å². The second kappa shape index (κ2) is 6.16. The molecule has 0 aliphatic heterocycles. The standard InChI is InChI=1S/C14H25ClO2Si/c1-10(2)18(11(3)4,12(5)6)17-14-7-13(8-15)9-16-14/h7,9-12H,8H2,1-6H3. The lowest BCUT2D eigenvalue weighted by Gasteiger charge is -2.41. The van der Waals surface area contributed by atoms with Gasteiger partial charge in [0, 0.05) is 11.6 Å². The van der Waals surface area contributed by atoms with Crippen molar-refractivity contribution in [3.05, 3.63) is 17.9 Å². The Morgan fingerprint density at radius 2 is 1.61 bits per heavy atom. The van der Waals surface area contributed by atoms with Crippen molar-refractivity contribution in [3.8, 4) is 5.95 Å². The van der Waals surface area contributed by atoms with Crippen LogP contribution in [0.3, 0.4) is 0 Å². The van der Waals surface area contributed by atoms with Crippen molar-refractivity contribution in [2.75, 3.05) is 0 Å². The Bertz CT molecular complexity index is 350. The van der Waals surface area contributed by atoms with E-state index < -0.39 is 8.32 Å². The van der Waals surface area contributed by atoms with Crippen LogP contribution < -0.4 is 4.43 Å². The fourth-order valence-electron chi connectivity index (χ4n) is 3.00. The molecule has 0 aliphatic carbocycles. The van der Waals surface area contributed by atoms with Crippen molar-refractivity contribution in [1.82, 2.24) is 0 Å². The molecule has 0 N–H and O–H groups in total. The highest BCUT2D eigenvalue weighted by atomic mass is 35.5. The van der Waals surface area contributed by atoms with Crippen molar-refractivity contribution in [2.24, 2.45) is 0 Å². The highest BCUT2D eigenvalue weighted by Gasteiger charge is 2.47. The second-order valence-electron chi connectivity index (χ2n) is 5.83. The van der Waals surface area contributed by atoms with Gasteiger partial charge in [0.1, 0.15) is 0 Å². The summed E-state index contributed by atoms with van der Waals surface area (Å²) in [6, 6.07) is 1.92. The highest BCUT2D eigenvalue weighted by Crippen LogP contribution is 2.42. The number of alkyl halides is 1. The first-order valence-corrected chi connectivity index (χ1v) is 9.34. The number of furan rings is 1. The molecule has 1 heterocycles. The summed E-state index contributed by atoms with van der Waals surface area (Å²) in [5.41, 5.74) is 2.61. The molecule has 0 bridgehead atoms. The van der Waals surface area contributed by atoms with Crippen LogP contribution in [-0.2, 0) is 5.88 Å². The van der Waals surface area contributed by atoms with Gasteiger partial charge < -0.3 is 8.84 Å². The Kier molecular flexibility index (Phi) is 5.35. The highest BCUT2D eigenvalue weighted by molar-refractivity contribution is 6.78. The van der Waals surface area contributed by atoms with Crippen molar-refractivity contribution in [1.29, 1.82) is 0 Å². The molecular formula is C14H25ClO2Si. The van der Waals surface area contributed by atoms with Gasteiger partial charge in [-0.25, -0.2) is 0 Å². The predicted octanol–water partition coefficient (Wildman–Crippen LogP) is 5.57. The first kappa shape index (κ1) is 15.6. The quantitative estimate of drug-likeness (QED) is 0.504. The zero-order valence-corrected chi connectivity index (χ0v) is 14.0. The van der Waals surface area contributed by atoms with Gasteiger partial charge in [-0.2, -0.15) is 0 Å². The minimum absolute atomic E-state index is 0.465. The van der Waals surface area contributed by atoms with Gasteiger partial charge in [0.15, 0.2) is 0 Å². The van der Waals surface area contributed by atoms with Gasteiger partial charge in [0.05, 0.1) is 12.1 Å². The molecule has 1 aromatic heterocycles. The topological polar surface area (TPSA) is 22.4 Å². The van der Waals surface area contributed by atoms with E-state index in [1.165, 1.54) is 0 Å². The van der Waals surface area contributed by atoms with Crippen LogP contribution in [0.4, 0.5) is 0 Å². The van der Waals surface area contributed by atoms with E-state index in [9.17, 15) is 0 Å². The van der Waals surface area contributed by atoms with Crippen LogP contribution in [0.2, 0.25) is 16.6 Å². The van der Waals surface area contributed by atoms with E-state index in [0.717, 1.165) is 5.56 Å². The predicted molar refractivity (Wildman–Crippen MR) is 79.9 cm³/mol. The third kappa shape index (κ3) is 2.94. The third-order valence-electron chi connectivity index (χ3n) is 3.77. The van der Waals surface area contributed by atoms with Crippen molar-refractivity contribution >= 4 is 19.9 Å². The van der Waals surface area contributed by atoms with Crippen molar-refractivity contribution in [2.45, 2.75) is 64.0 Å². The number of halogens is 1. The summed E-state index contributed by atoms with van der Waals surface area (Å²) in [6.07, 6.45) is 1.68. The summed E-state index contributed by atoms with van der Waals surface area (Å²) >= 11 is 5.79. The second-order valence-corrected chi connectivity index (χ2v) is 11.5. The SMILES string of the molecule is CC(C)[Si](Oc1cc(CCl)co1)(C(C)C)C(C)C. The first-order valence-electron chi connectivity index (χ1n) is 6.67. The molecule has 0 aliphatic rings. The summed E-state index contributed by atoms with van der Waals surface area (Å²) < 4.78 is 11.9. The summed E-state index contributed by atoms with van der Waals surface area (Å²) in [7, 11) is -1.90. The van der Waals surface area contributed by atoms with E-state index >= 15 is 0 Å². The Morgan fingerprint density at radius 1 is 1.11 bits per heavy atom.